The lowest BCUT2D eigenvalue weighted by molar-refractivity contribution is -0.136. The molecule has 6 heteroatoms. The van der Waals surface area contributed by atoms with Crippen LogP contribution in [0.4, 0.5) is 4.79 Å². The number of aliphatic imine (C=N–C) groups is 1. The summed E-state index contributed by atoms with van der Waals surface area (Å²) in [6, 6.07) is -0.402. The molecule has 0 spiro atoms. The minimum Gasteiger partial charge on any atom is -0.453 e. The fraction of sp³-hybridized carbons (Fsp3) is 0.885. The SMILES string of the molecule is CCCCCCCC(CCCCCC)[C@@H]1CC(=NC)CN1C(=O)C(NC(=O)OC)C(C)C. The molecule has 0 aromatic heterocycles. The molecule has 2 unspecified atom stereocenters. The van der Waals surface area contributed by atoms with Gasteiger partial charge in [0, 0.05) is 25.2 Å². The van der Waals surface area contributed by atoms with Gasteiger partial charge in [-0.1, -0.05) is 85.5 Å². The third-order valence-electron chi connectivity index (χ3n) is 6.84. The van der Waals surface area contributed by atoms with E-state index in [2.05, 4.69) is 24.2 Å². The predicted octanol–water partition coefficient (Wildman–Crippen LogP) is 5.99. The summed E-state index contributed by atoms with van der Waals surface area (Å²) in [5.41, 5.74) is 1.09. The molecule has 0 aromatic carbocycles. The lowest BCUT2D eigenvalue weighted by atomic mass is 9.86. The Morgan fingerprint density at radius 1 is 1.03 bits per heavy atom. The summed E-state index contributed by atoms with van der Waals surface area (Å²) in [5.74, 6) is 0.475. The molecule has 32 heavy (non-hydrogen) atoms. The highest BCUT2D eigenvalue weighted by Gasteiger charge is 2.40. The standard InChI is InChI=1S/C26H49N3O3/c1-7-9-11-13-15-17-21(16-14-12-10-8-2)23-18-22(27-5)19-29(23)25(30)24(20(3)4)28-26(31)32-6/h20-21,23-24H,7-19H2,1-6H3,(H,28,31)/t21?,23-,24?/m0/s1. The number of nitrogens with one attached hydrogen (secondary N) is 1. The Kier molecular flexibility index (Phi) is 14.3. The Balaban J connectivity index is 2.99. The van der Waals surface area contributed by atoms with Crippen LogP contribution in [-0.4, -0.2) is 55.4 Å². The highest BCUT2D eigenvalue weighted by atomic mass is 16.5. The molecule has 0 aliphatic carbocycles. The van der Waals surface area contributed by atoms with Gasteiger partial charge < -0.3 is 15.0 Å². The molecular weight excluding hydrogens is 402 g/mol. The molecule has 1 aliphatic rings. The summed E-state index contributed by atoms with van der Waals surface area (Å²) in [5, 5.41) is 2.77. The molecule has 2 amide bonds. The molecule has 186 valence electrons. The van der Waals surface area contributed by atoms with Crippen LogP contribution in [-0.2, 0) is 9.53 Å². The maximum Gasteiger partial charge on any atom is 0.407 e. The van der Waals surface area contributed by atoms with Gasteiger partial charge in [-0.25, -0.2) is 4.79 Å². The minimum absolute atomic E-state index is 0.00130. The Morgan fingerprint density at radius 2 is 1.59 bits per heavy atom. The number of nitrogens with zero attached hydrogens (tertiary/aromatic N) is 2. The first-order valence-corrected chi connectivity index (χ1v) is 13.0. The van der Waals surface area contributed by atoms with Crippen LogP contribution in [0, 0.1) is 11.8 Å². The molecule has 1 N–H and O–H groups in total. The molecule has 3 atom stereocenters. The number of likely N-dealkylation sites (tertiary alicyclic amines) is 1. The number of rotatable bonds is 15. The molecule has 1 heterocycles. The molecule has 1 rings (SSSR count). The highest BCUT2D eigenvalue weighted by molar-refractivity contribution is 5.96. The molecule has 0 bridgehead atoms. The summed E-state index contributed by atoms with van der Waals surface area (Å²) in [6.45, 7) is 9.00. The number of amides is 2. The topological polar surface area (TPSA) is 71.0 Å². The second-order valence-electron chi connectivity index (χ2n) is 9.70. The first-order chi connectivity index (χ1) is 15.4. The van der Waals surface area contributed by atoms with E-state index in [1.807, 2.05) is 25.8 Å². The maximum absolute atomic E-state index is 13.6. The van der Waals surface area contributed by atoms with Gasteiger partial charge in [0.2, 0.25) is 5.91 Å². The normalized spacial score (nSPS) is 19.4. The Bertz CT molecular complexity index is 577. The zero-order chi connectivity index (χ0) is 23.9. The molecular formula is C26H49N3O3. The van der Waals surface area contributed by atoms with Crippen LogP contribution in [0.5, 0.6) is 0 Å². The van der Waals surface area contributed by atoms with Crippen LogP contribution in [0.2, 0.25) is 0 Å². The first kappa shape index (κ1) is 28.4. The first-order valence-electron chi connectivity index (χ1n) is 13.0. The van der Waals surface area contributed by atoms with Crippen molar-refractivity contribution >= 4 is 17.7 Å². The molecule has 0 aromatic rings. The van der Waals surface area contributed by atoms with Crippen LogP contribution >= 0.6 is 0 Å². The number of hydrogen-bond acceptors (Lipinski definition) is 4. The van der Waals surface area contributed by atoms with Crippen LogP contribution in [0.15, 0.2) is 4.99 Å². The minimum atomic E-state index is -0.577. The number of unbranched alkanes of at least 4 members (excludes halogenated alkanes) is 7. The van der Waals surface area contributed by atoms with Crippen LogP contribution in [0.1, 0.15) is 105 Å². The van der Waals surface area contributed by atoms with Crippen molar-refractivity contribution in [2.24, 2.45) is 16.8 Å². The third-order valence-corrected chi connectivity index (χ3v) is 6.84. The van der Waals surface area contributed by atoms with Gasteiger partial charge >= 0.3 is 6.09 Å². The second-order valence-corrected chi connectivity index (χ2v) is 9.70. The van der Waals surface area contributed by atoms with E-state index in [0.717, 1.165) is 25.0 Å². The van der Waals surface area contributed by atoms with Crippen molar-refractivity contribution in [1.29, 1.82) is 0 Å². The lowest BCUT2D eigenvalue weighted by Crippen LogP contribution is -2.53. The number of ether oxygens (including phenoxy) is 1. The van der Waals surface area contributed by atoms with Gasteiger partial charge in [0.25, 0.3) is 0 Å². The zero-order valence-electron chi connectivity index (χ0n) is 21.6. The number of alkyl carbamates (subject to hydrolysis) is 1. The average Bonchev–Trinajstić information content (AvgIpc) is 3.22. The van der Waals surface area contributed by atoms with Crippen molar-refractivity contribution in [3.8, 4) is 0 Å². The van der Waals surface area contributed by atoms with E-state index in [4.69, 9.17) is 4.74 Å². The molecule has 0 radical (unpaired) electrons. The van der Waals surface area contributed by atoms with E-state index >= 15 is 0 Å². The second kappa shape index (κ2) is 16.1. The largest absolute Gasteiger partial charge is 0.453 e. The maximum atomic E-state index is 13.6. The monoisotopic (exact) mass is 451 g/mol. The summed E-state index contributed by atoms with van der Waals surface area (Å²) in [4.78, 5) is 32.0. The summed E-state index contributed by atoms with van der Waals surface area (Å²) in [7, 11) is 3.16. The lowest BCUT2D eigenvalue weighted by Gasteiger charge is -2.35. The van der Waals surface area contributed by atoms with Gasteiger partial charge in [-0.05, 0) is 24.7 Å². The predicted molar refractivity (Wildman–Crippen MR) is 133 cm³/mol. The fourth-order valence-electron chi connectivity index (χ4n) is 4.81. The van der Waals surface area contributed by atoms with E-state index in [-0.39, 0.29) is 17.9 Å². The van der Waals surface area contributed by atoms with Crippen molar-refractivity contribution in [1.82, 2.24) is 10.2 Å². The van der Waals surface area contributed by atoms with Gasteiger partial charge in [0.15, 0.2) is 0 Å². The summed E-state index contributed by atoms with van der Waals surface area (Å²) < 4.78 is 4.78. The van der Waals surface area contributed by atoms with E-state index in [1.165, 1.54) is 64.9 Å². The van der Waals surface area contributed by atoms with Gasteiger partial charge in [-0.2, -0.15) is 0 Å². The summed E-state index contributed by atoms with van der Waals surface area (Å²) >= 11 is 0. The van der Waals surface area contributed by atoms with E-state index in [0.29, 0.717) is 12.5 Å². The molecule has 6 nitrogen and oxygen atoms in total. The number of hydrogen-bond donors (Lipinski definition) is 1. The summed E-state index contributed by atoms with van der Waals surface area (Å²) in [6.07, 6.45) is 14.0. The van der Waals surface area contributed by atoms with Crippen LogP contribution < -0.4 is 5.32 Å². The smallest absolute Gasteiger partial charge is 0.407 e. The van der Waals surface area contributed by atoms with Crippen molar-refractivity contribution in [2.75, 3.05) is 20.7 Å². The van der Waals surface area contributed by atoms with Crippen molar-refractivity contribution in [2.45, 2.75) is 117 Å². The van der Waals surface area contributed by atoms with Crippen molar-refractivity contribution < 1.29 is 14.3 Å². The Labute approximate surface area is 196 Å². The molecule has 1 fully saturated rings. The Morgan fingerprint density at radius 3 is 2.09 bits per heavy atom. The van der Waals surface area contributed by atoms with E-state index in [1.54, 1.807) is 0 Å². The van der Waals surface area contributed by atoms with E-state index in [9.17, 15) is 9.59 Å². The molecule has 1 saturated heterocycles. The number of carbonyl (C=O) groups is 2. The van der Waals surface area contributed by atoms with Gasteiger partial charge in [-0.3, -0.25) is 9.79 Å². The van der Waals surface area contributed by atoms with Crippen LogP contribution in [0.25, 0.3) is 0 Å². The molecule has 1 aliphatic heterocycles. The zero-order valence-corrected chi connectivity index (χ0v) is 21.6. The third kappa shape index (κ3) is 9.50. The van der Waals surface area contributed by atoms with Crippen LogP contribution in [0.3, 0.4) is 0 Å². The van der Waals surface area contributed by atoms with Crippen molar-refractivity contribution in [3.05, 3.63) is 0 Å². The van der Waals surface area contributed by atoms with Gasteiger partial charge in [-0.15, -0.1) is 0 Å². The van der Waals surface area contributed by atoms with Gasteiger partial charge in [0.05, 0.1) is 13.7 Å². The quantitative estimate of drug-likeness (QED) is 0.311. The fourth-order valence-corrected chi connectivity index (χ4v) is 4.81. The number of methoxy groups -OCH3 is 1. The number of carbonyl (C=O) groups excluding carboxylic acids is 2. The highest BCUT2D eigenvalue weighted by Crippen LogP contribution is 2.32. The van der Waals surface area contributed by atoms with E-state index < -0.39 is 12.1 Å². The average molecular weight is 452 g/mol. The van der Waals surface area contributed by atoms with Gasteiger partial charge in [0.1, 0.15) is 6.04 Å². The Hall–Kier alpha value is -1.59. The van der Waals surface area contributed by atoms with Crippen molar-refractivity contribution in [3.63, 3.8) is 0 Å². The molecule has 0 saturated carbocycles.